The molecule has 1 aliphatic rings. The van der Waals surface area contributed by atoms with E-state index in [9.17, 15) is 9.50 Å². The molecule has 0 radical (unpaired) electrons. The normalized spacial score (nSPS) is 18.9. The molecule has 0 amide bonds. The maximum Gasteiger partial charge on any atom is 0.123 e. The van der Waals surface area contributed by atoms with Crippen LogP contribution in [0.1, 0.15) is 57.1 Å². The minimum Gasteiger partial charge on any atom is -0.389 e. The van der Waals surface area contributed by atoms with E-state index in [1.54, 1.807) is 13.0 Å². The van der Waals surface area contributed by atoms with Gasteiger partial charge in [0, 0.05) is 24.3 Å². The zero-order valence-electron chi connectivity index (χ0n) is 11.9. The predicted molar refractivity (Wildman–Crippen MR) is 76.9 cm³/mol. The van der Waals surface area contributed by atoms with Crippen LogP contribution in [0.15, 0.2) is 18.2 Å². The van der Waals surface area contributed by atoms with Gasteiger partial charge in [-0.05, 0) is 38.0 Å². The van der Waals surface area contributed by atoms with E-state index in [1.165, 1.54) is 50.7 Å². The Kier molecular flexibility index (Phi) is 4.81. The second kappa shape index (κ2) is 6.38. The van der Waals surface area contributed by atoms with E-state index < -0.39 is 6.10 Å². The molecule has 19 heavy (non-hydrogen) atoms. The first kappa shape index (κ1) is 14.3. The van der Waals surface area contributed by atoms with Crippen molar-refractivity contribution in [2.45, 2.75) is 57.6 Å². The zero-order valence-corrected chi connectivity index (χ0v) is 11.9. The van der Waals surface area contributed by atoms with Gasteiger partial charge < -0.3 is 10.0 Å². The Morgan fingerprint density at radius 1 is 1.21 bits per heavy atom. The molecule has 2 rings (SSSR count). The van der Waals surface area contributed by atoms with Crippen molar-refractivity contribution < 1.29 is 9.50 Å². The number of halogens is 1. The Morgan fingerprint density at radius 3 is 2.42 bits per heavy atom. The molecular formula is C16H24FNO. The lowest BCUT2D eigenvalue weighted by Gasteiger charge is -2.31. The number of aliphatic hydroxyl groups is 1. The van der Waals surface area contributed by atoms with Crippen molar-refractivity contribution in [2.24, 2.45) is 0 Å². The van der Waals surface area contributed by atoms with Crippen molar-refractivity contribution in [2.75, 3.05) is 11.9 Å². The minimum absolute atomic E-state index is 0.283. The molecule has 0 unspecified atom stereocenters. The topological polar surface area (TPSA) is 23.5 Å². The molecule has 1 aliphatic carbocycles. The highest BCUT2D eigenvalue weighted by molar-refractivity contribution is 5.55. The van der Waals surface area contributed by atoms with Gasteiger partial charge in [-0.15, -0.1) is 0 Å². The third-order valence-electron chi connectivity index (χ3n) is 4.19. The molecular weight excluding hydrogens is 241 g/mol. The smallest absolute Gasteiger partial charge is 0.123 e. The van der Waals surface area contributed by atoms with Gasteiger partial charge >= 0.3 is 0 Å². The van der Waals surface area contributed by atoms with Crippen LogP contribution in [0.25, 0.3) is 0 Å². The lowest BCUT2D eigenvalue weighted by molar-refractivity contribution is 0.199. The second-order valence-corrected chi connectivity index (χ2v) is 5.64. The summed E-state index contributed by atoms with van der Waals surface area (Å²) in [5.74, 6) is -0.283. The summed E-state index contributed by atoms with van der Waals surface area (Å²) in [6, 6.07) is 5.23. The fraction of sp³-hybridized carbons (Fsp3) is 0.625. The molecule has 1 saturated carbocycles. The van der Waals surface area contributed by atoms with Gasteiger partial charge in [-0.25, -0.2) is 4.39 Å². The van der Waals surface area contributed by atoms with E-state index in [4.69, 9.17) is 0 Å². The van der Waals surface area contributed by atoms with Crippen LogP contribution in [0.2, 0.25) is 0 Å². The summed E-state index contributed by atoms with van der Waals surface area (Å²) in [5, 5.41) is 9.84. The highest BCUT2D eigenvalue weighted by Crippen LogP contribution is 2.31. The molecule has 0 aromatic heterocycles. The molecule has 1 N–H and O–H groups in total. The van der Waals surface area contributed by atoms with E-state index in [2.05, 4.69) is 11.9 Å². The minimum atomic E-state index is -0.640. The Morgan fingerprint density at radius 2 is 1.84 bits per heavy atom. The van der Waals surface area contributed by atoms with Crippen molar-refractivity contribution >= 4 is 5.69 Å². The van der Waals surface area contributed by atoms with Gasteiger partial charge in [0.05, 0.1) is 6.10 Å². The van der Waals surface area contributed by atoms with Crippen LogP contribution in [0.4, 0.5) is 10.1 Å². The summed E-state index contributed by atoms with van der Waals surface area (Å²) in [4.78, 5) is 2.23. The van der Waals surface area contributed by atoms with Gasteiger partial charge in [-0.2, -0.15) is 0 Å². The van der Waals surface area contributed by atoms with Gasteiger partial charge in [0.25, 0.3) is 0 Å². The molecule has 0 bridgehead atoms. The first-order chi connectivity index (χ1) is 9.09. The molecule has 1 fully saturated rings. The molecule has 1 aromatic carbocycles. The maximum atomic E-state index is 13.3. The second-order valence-electron chi connectivity index (χ2n) is 5.64. The molecule has 0 heterocycles. The summed E-state index contributed by atoms with van der Waals surface area (Å²) in [6.07, 6.45) is 6.90. The Hall–Kier alpha value is -1.09. The van der Waals surface area contributed by atoms with Gasteiger partial charge in [0.1, 0.15) is 5.82 Å². The quantitative estimate of drug-likeness (QED) is 0.834. The van der Waals surface area contributed by atoms with Crippen LogP contribution in [-0.4, -0.2) is 18.2 Å². The van der Waals surface area contributed by atoms with Gasteiger partial charge in [-0.3, -0.25) is 0 Å². The number of hydrogen-bond acceptors (Lipinski definition) is 2. The first-order valence-corrected chi connectivity index (χ1v) is 7.30. The predicted octanol–water partition coefficient (Wildman–Crippen LogP) is 4.04. The van der Waals surface area contributed by atoms with Crippen LogP contribution in [0.5, 0.6) is 0 Å². The van der Waals surface area contributed by atoms with E-state index in [-0.39, 0.29) is 5.82 Å². The average Bonchev–Trinajstić information content (AvgIpc) is 2.66. The lowest BCUT2D eigenvalue weighted by atomic mass is 10.0. The van der Waals surface area contributed by atoms with Crippen molar-refractivity contribution in [1.82, 2.24) is 0 Å². The summed E-state index contributed by atoms with van der Waals surface area (Å²) in [6.45, 7) is 1.69. The molecule has 106 valence electrons. The van der Waals surface area contributed by atoms with Crippen molar-refractivity contribution in [3.05, 3.63) is 29.6 Å². The Bertz CT molecular complexity index is 411. The Balaban J connectivity index is 2.24. The average molecular weight is 265 g/mol. The summed E-state index contributed by atoms with van der Waals surface area (Å²) >= 11 is 0. The van der Waals surface area contributed by atoms with Gasteiger partial charge in [0.15, 0.2) is 0 Å². The number of hydrogen-bond donors (Lipinski definition) is 1. The maximum absolute atomic E-state index is 13.3. The molecule has 0 spiro atoms. The number of benzene rings is 1. The lowest BCUT2D eigenvalue weighted by Crippen LogP contribution is -2.32. The van der Waals surface area contributed by atoms with Crippen LogP contribution in [0.3, 0.4) is 0 Å². The standard InChI is InChI=1S/C16H24FNO/c1-12(19)15-11-13(17)9-10-16(15)18(2)14-7-5-3-4-6-8-14/h9-12,14,19H,3-8H2,1-2H3/t12-/m0/s1. The van der Waals surface area contributed by atoms with Gasteiger partial charge in [0.2, 0.25) is 0 Å². The van der Waals surface area contributed by atoms with Crippen molar-refractivity contribution in [3.8, 4) is 0 Å². The van der Waals surface area contributed by atoms with E-state index in [0.29, 0.717) is 11.6 Å². The van der Waals surface area contributed by atoms with Crippen LogP contribution in [-0.2, 0) is 0 Å². The molecule has 1 aromatic rings. The third kappa shape index (κ3) is 3.47. The molecule has 0 aliphatic heterocycles. The van der Waals surface area contributed by atoms with Crippen LogP contribution in [0, 0.1) is 5.82 Å². The SMILES string of the molecule is C[C@H](O)c1cc(F)ccc1N(C)C1CCCCCC1. The van der Waals surface area contributed by atoms with E-state index in [1.807, 2.05) is 0 Å². The number of aliphatic hydroxyl groups excluding tert-OH is 1. The monoisotopic (exact) mass is 265 g/mol. The third-order valence-corrected chi connectivity index (χ3v) is 4.19. The number of rotatable bonds is 3. The number of anilines is 1. The van der Waals surface area contributed by atoms with Crippen molar-refractivity contribution in [3.63, 3.8) is 0 Å². The summed E-state index contributed by atoms with van der Waals surface area (Å²) < 4.78 is 13.3. The largest absolute Gasteiger partial charge is 0.389 e. The summed E-state index contributed by atoms with van der Waals surface area (Å²) in [7, 11) is 2.06. The highest BCUT2D eigenvalue weighted by atomic mass is 19.1. The molecule has 3 heteroatoms. The van der Waals surface area contributed by atoms with Crippen LogP contribution >= 0.6 is 0 Å². The Labute approximate surface area is 115 Å². The van der Waals surface area contributed by atoms with Crippen molar-refractivity contribution in [1.29, 1.82) is 0 Å². The molecule has 1 atom stereocenters. The van der Waals surface area contributed by atoms with E-state index >= 15 is 0 Å². The van der Waals surface area contributed by atoms with Gasteiger partial charge in [-0.1, -0.05) is 25.7 Å². The van der Waals surface area contributed by atoms with Crippen LogP contribution < -0.4 is 4.90 Å². The first-order valence-electron chi connectivity index (χ1n) is 7.30. The fourth-order valence-corrected chi connectivity index (χ4v) is 3.02. The zero-order chi connectivity index (χ0) is 13.8. The van der Waals surface area contributed by atoms with E-state index in [0.717, 1.165) is 5.69 Å². The summed E-state index contributed by atoms with van der Waals surface area (Å²) in [5.41, 5.74) is 1.65. The highest BCUT2D eigenvalue weighted by Gasteiger charge is 2.20. The number of nitrogens with zero attached hydrogens (tertiary/aromatic N) is 1. The fourth-order valence-electron chi connectivity index (χ4n) is 3.02. The molecule has 2 nitrogen and oxygen atoms in total. The molecule has 0 saturated heterocycles.